The number of benzene rings is 1. The Morgan fingerprint density at radius 1 is 1.05 bits per heavy atom. The number of methoxy groups -OCH3 is 1. The van der Waals surface area contributed by atoms with Gasteiger partial charge in [0, 0.05) is 82.5 Å². The quantitative estimate of drug-likeness (QED) is 0.453. The second kappa shape index (κ2) is 14.6. The zero-order valence-electron chi connectivity index (χ0n) is 25.0. The van der Waals surface area contributed by atoms with E-state index in [4.69, 9.17) is 14.5 Å². The third-order valence-electron chi connectivity index (χ3n) is 8.15. The van der Waals surface area contributed by atoms with Crippen LogP contribution in [0.25, 0.3) is 11.3 Å². The van der Waals surface area contributed by atoms with Crippen molar-refractivity contribution in [3.8, 4) is 11.3 Å². The Balaban J connectivity index is 1.39. The van der Waals surface area contributed by atoms with Crippen LogP contribution < -0.4 is 10.2 Å². The Kier molecular flexibility index (Phi) is 10.5. The van der Waals surface area contributed by atoms with Gasteiger partial charge in [0.1, 0.15) is 11.6 Å². The van der Waals surface area contributed by atoms with Crippen LogP contribution in [-0.4, -0.2) is 103 Å². The first kappa shape index (κ1) is 30.0. The van der Waals surface area contributed by atoms with Crippen molar-refractivity contribution in [2.75, 3.05) is 76.9 Å². The summed E-state index contributed by atoms with van der Waals surface area (Å²) < 4.78 is 11.2. The van der Waals surface area contributed by atoms with Crippen LogP contribution in [-0.2, 0) is 20.8 Å². The molecule has 1 saturated heterocycles. The lowest BCUT2D eigenvalue weighted by atomic mass is 9.99. The van der Waals surface area contributed by atoms with Crippen molar-refractivity contribution in [1.82, 2.24) is 24.8 Å². The van der Waals surface area contributed by atoms with Crippen molar-refractivity contribution in [1.29, 1.82) is 0 Å². The van der Waals surface area contributed by atoms with Crippen molar-refractivity contribution in [3.63, 3.8) is 0 Å². The minimum atomic E-state index is 0.0203. The van der Waals surface area contributed by atoms with Crippen LogP contribution in [0.5, 0.6) is 0 Å². The number of piperazine rings is 1. The van der Waals surface area contributed by atoms with E-state index in [0.717, 1.165) is 68.3 Å². The molecule has 224 valence electrons. The van der Waals surface area contributed by atoms with E-state index < -0.39 is 0 Å². The predicted octanol–water partition coefficient (Wildman–Crippen LogP) is 3.87. The SMILES string of the molecule is COCCOCC1CN2CCN1Cc1cccc(c1)Nc1nccc(n1)-c1ccc(nc1)N(C)CCCC(C)C(=O)C2. The Labute approximate surface area is 249 Å². The van der Waals surface area contributed by atoms with Gasteiger partial charge in [-0.3, -0.25) is 14.6 Å². The molecule has 3 aromatic rings. The number of ether oxygens (including phenoxy) is 2. The molecule has 8 bridgehead atoms. The minimum absolute atomic E-state index is 0.0203. The summed E-state index contributed by atoms with van der Waals surface area (Å²) in [5, 5.41) is 3.38. The zero-order chi connectivity index (χ0) is 29.3. The van der Waals surface area contributed by atoms with Crippen LogP contribution >= 0.6 is 0 Å². The van der Waals surface area contributed by atoms with E-state index in [1.54, 1.807) is 13.3 Å². The summed E-state index contributed by atoms with van der Waals surface area (Å²) in [4.78, 5) is 34.0. The number of hydrogen-bond acceptors (Lipinski definition) is 10. The van der Waals surface area contributed by atoms with Gasteiger partial charge in [0.15, 0.2) is 0 Å². The minimum Gasteiger partial charge on any atom is -0.382 e. The number of Topliss-reactive ketones (excluding diaryl/α,β-unsaturated/α-hetero) is 1. The lowest BCUT2D eigenvalue weighted by molar-refractivity contribution is -0.124. The first-order valence-corrected chi connectivity index (χ1v) is 14.9. The molecular weight excluding hydrogens is 530 g/mol. The number of hydrogen-bond donors (Lipinski definition) is 1. The second-order valence-electron chi connectivity index (χ2n) is 11.4. The van der Waals surface area contributed by atoms with E-state index in [2.05, 4.69) is 55.1 Å². The van der Waals surface area contributed by atoms with Gasteiger partial charge in [0.25, 0.3) is 0 Å². The lowest BCUT2D eigenvalue weighted by Crippen LogP contribution is -2.55. The van der Waals surface area contributed by atoms with E-state index >= 15 is 0 Å². The molecule has 1 fully saturated rings. The first-order chi connectivity index (χ1) is 20.5. The van der Waals surface area contributed by atoms with Crippen LogP contribution in [0.1, 0.15) is 25.3 Å². The molecule has 7 heterocycles. The molecule has 0 radical (unpaired) electrons. The Morgan fingerprint density at radius 3 is 2.79 bits per heavy atom. The largest absolute Gasteiger partial charge is 0.382 e. The van der Waals surface area contributed by atoms with E-state index in [0.29, 0.717) is 38.1 Å². The number of carbonyl (C=O) groups is 1. The van der Waals surface area contributed by atoms with E-state index in [-0.39, 0.29) is 12.0 Å². The summed E-state index contributed by atoms with van der Waals surface area (Å²) in [6.07, 6.45) is 5.41. The highest BCUT2D eigenvalue weighted by molar-refractivity contribution is 5.82. The van der Waals surface area contributed by atoms with Gasteiger partial charge in [-0.15, -0.1) is 0 Å². The molecule has 10 heteroatoms. The zero-order valence-corrected chi connectivity index (χ0v) is 25.0. The number of aromatic nitrogens is 3. The molecule has 1 aromatic carbocycles. The van der Waals surface area contributed by atoms with Crippen molar-refractivity contribution in [2.24, 2.45) is 5.92 Å². The number of anilines is 3. The van der Waals surface area contributed by atoms with Gasteiger partial charge in [-0.2, -0.15) is 0 Å². The van der Waals surface area contributed by atoms with E-state index in [9.17, 15) is 4.79 Å². The molecule has 0 amide bonds. The molecule has 2 aromatic heterocycles. The van der Waals surface area contributed by atoms with Gasteiger partial charge in [0.05, 0.1) is 32.1 Å². The summed E-state index contributed by atoms with van der Waals surface area (Å²) in [6.45, 7) is 8.43. The number of pyridine rings is 1. The second-order valence-corrected chi connectivity index (χ2v) is 11.4. The summed E-state index contributed by atoms with van der Waals surface area (Å²) >= 11 is 0. The average Bonchev–Trinajstić information content (AvgIpc) is 3.00. The van der Waals surface area contributed by atoms with Crippen molar-refractivity contribution in [3.05, 3.63) is 60.4 Å². The van der Waals surface area contributed by atoms with Gasteiger partial charge in [-0.1, -0.05) is 19.1 Å². The van der Waals surface area contributed by atoms with Gasteiger partial charge in [-0.05, 0) is 48.7 Å². The first-order valence-electron chi connectivity index (χ1n) is 14.9. The maximum Gasteiger partial charge on any atom is 0.227 e. The highest BCUT2D eigenvalue weighted by Gasteiger charge is 2.29. The lowest BCUT2D eigenvalue weighted by Gasteiger charge is -2.41. The van der Waals surface area contributed by atoms with Crippen molar-refractivity contribution >= 4 is 23.2 Å². The third kappa shape index (κ3) is 8.10. The number of rotatable bonds is 5. The third-order valence-corrected chi connectivity index (χ3v) is 8.15. The van der Waals surface area contributed by atoms with E-state index in [1.807, 2.05) is 37.5 Å². The fourth-order valence-electron chi connectivity index (χ4n) is 5.57. The molecule has 8 rings (SSSR count). The topological polar surface area (TPSA) is 96.0 Å². The molecular formula is C32H43N7O3. The number of nitrogens with one attached hydrogen (secondary N) is 1. The number of carbonyl (C=O) groups excluding carboxylic acids is 1. The van der Waals surface area contributed by atoms with Gasteiger partial charge in [-0.25, -0.2) is 15.0 Å². The molecule has 0 saturated carbocycles. The Morgan fingerprint density at radius 2 is 1.95 bits per heavy atom. The molecule has 1 N–H and O–H groups in total. The maximum atomic E-state index is 13.2. The number of ketones is 1. The van der Waals surface area contributed by atoms with Crippen LogP contribution in [0.2, 0.25) is 0 Å². The molecule has 4 unspecified atom stereocenters. The highest BCUT2D eigenvalue weighted by atomic mass is 16.5. The normalized spacial score (nSPS) is 23.5. The fourth-order valence-corrected chi connectivity index (χ4v) is 5.57. The molecule has 4 atom stereocenters. The highest BCUT2D eigenvalue weighted by Crippen LogP contribution is 2.23. The van der Waals surface area contributed by atoms with Gasteiger partial charge >= 0.3 is 0 Å². The molecule has 0 spiro atoms. The Bertz CT molecular complexity index is 1310. The summed E-state index contributed by atoms with van der Waals surface area (Å²) in [5.41, 5.74) is 3.87. The maximum absolute atomic E-state index is 13.2. The van der Waals surface area contributed by atoms with E-state index in [1.165, 1.54) is 5.56 Å². The van der Waals surface area contributed by atoms with Gasteiger partial charge in [0.2, 0.25) is 5.95 Å². The molecule has 42 heavy (non-hydrogen) atoms. The molecule has 0 aliphatic carbocycles. The van der Waals surface area contributed by atoms with Crippen LogP contribution in [0.4, 0.5) is 17.5 Å². The Hall–Kier alpha value is -3.44. The van der Waals surface area contributed by atoms with Crippen LogP contribution in [0.3, 0.4) is 0 Å². The predicted molar refractivity (Wildman–Crippen MR) is 165 cm³/mol. The monoisotopic (exact) mass is 573 g/mol. The number of nitrogens with zero attached hydrogens (tertiary/aromatic N) is 6. The summed E-state index contributed by atoms with van der Waals surface area (Å²) in [6, 6.07) is 14.5. The molecule has 10 nitrogen and oxygen atoms in total. The average molecular weight is 574 g/mol. The summed E-state index contributed by atoms with van der Waals surface area (Å²) in [7, 11) is 3.73. The van der Waals surface area contributed by atoms with Gasteiger partial charge < -0.3 is 19.7 Å². The molecule has 5 aliphatic heterocycles. The molecule has 5 aliphatic rings. The van der Waals surface area contributed by atoms with Crippen LogP contribution in [0.15, 0.2) is 54.9 Å². The van der Waals surface area contributed by atoms with Crippen LogP contribution in [0, 0.1) is 5.92 Å². The standard InChI is InChI=1S/C32H43N7O3/c1-24-6-5-13-37(2)31-10-9-26(19-34-31)29-11-12-33-32(36-29)35-27-8-4-7-25(18-27)20-39-15-14-38(22-30(24)40)21-28(39)23-42-17-16-41-3/h4,7-12,18-19,24,28H,5-6,13-17,20-23H2,1-3H3,(H,33,35,36). The summed E-state index contributed by atoms with van der Waals surface area (Å²) in [5.74, 6) is 1.78. The fraction of sp³-hybridized carbons (Fsp3) is 0.500. The smallest absolute Gasteiger partial charge is 0.227 e. The van der Waals surface area contributed by atoms with Crippen molar-refractivity contribution in [2.45, 2.75) is 32.4 Å². The van der Waals surface area contributed by atoms with Crippen molar-refractivity contribution < 1.29 is 14.3 Å².